The third kappa shape index (κ3) is 3.68. The highest BCUT2D eigenvalue weighted by Crippen LogP contribution is 2.51. The first-order chi connectivity index (χ1) is 12.3. The molecular weight excluding hydrogens is 338 g/mol. The largest absolute Gasteiger partial charge is 0.491 e. The molecule has 0 spiro atoms. The van der Waals surface area contributed by atoms with Gasteiger partial charge < -0.3 is 24.6 Å². The number of carboxylic acids is 1. The highest BCUT2D eigenvalue weighted by molar-refractivity contribution is 5.99. The standard InChI is InChI=1S/C19H27NO6/c1-5-25-15-12-19(17(22)23,18(15,2)3)20-16(21)13-7-6-8-14(11-13)26-10-9-24-4/h6-8,11,15H,5,9-10,12H2,1-4H3,(H,20,21)(H,22,23). The number of benzene rings is 1. The van der Waals surface area contributed by atoms with Crippen molar-refractivity contribution >= 4 is 11.9 Å². The van der Waals surface area contributed by atoms with Crippen molar-refractivity contribution in [2.45, 2.75) is 38.8 Å². The normalized spacial score (nSPS) is 23.8. The molecule has 7 heteroatoms. The molecule has 1 aromatic rings. The number of aliphatic carboxylic acids is 1. The smallest absolute Gasteiger partial charge is 0.330 e. The maximum Gasteiger partial charge on any atom is 0.330 e. The van der Waals surface area contributed by atoms with Gasteiger partial charge in [0, 0.05) is 31.1 Å². The Morgan fingerprint density at radius 2 is 2.04 bits per heavy atom. The SMILES string of the molecule is CCOC1CC(NC(=O)c2cccc(OCCOC)c2)(C(=O)O)C1(C)C. The topological polar surface area (TPSA) is 94.1 Å². The second-order valence-electron chi connectivity index (χ2n) is 6.90. The van der Waals surface area contributed by atoms with E-state index < -0.39 is 22.8 Å². The molecule has 2 N–H and O–H groups in total. The fourth-order valence-electron chi connectivity index (χ4n) is 3.27. The van der Waals surface area contributed by atoms with Crippen LogP contribution in [0.25, 0.3) is 0 Å². The van der Waals surface area contributed by atoms with Crippen molar-refractivity contribution in [2.24, 2.45) is 5.41 Å². The second kappa shape index (κ2) is 8.05. The summed E-state index contributed by atoms with van der Waals surface area (Å²) in [5.74, 6) is -0.981. The summed E-state index contributed by atoms with van der Waals surface area (Å²) < 4.78 is 16.0. The van der Waals surface area contributed by atoms with Gasteiger partial charge in [-0.25, -0.2) is 4.79 Å². The first-order valence-electron chi connectivity index (χ1n) is 8.67. The van der Waals surface area contributed by atoms with Crippen molar-refractivity contribution in [2.75, 3.05) is 26.9 Å². The molecule has 0 saturated heterocycles. The van der Waals surface area contributed by atoms with Crippen molar-refractivity contribution in [3.63, 3.8) is 0 Å². The van der Waals surface area contributed by atoms with Gasteiger partial charge in [-0.2, -0.15) is 0 Å². The number of amides is 1. The molecule has 0 bridgehead atoms. The third-order valence-corrected chi connectivity index (χ3v) is 5.11. The van der Waals surface area contributed by atoms with E-state index in [4.69, 9.17) is 14.2 Å². The number of hydrogen-bond acceptors (Lipinski definition) is 5. The molecule has 7 nitrogen and oxygen atoms in total. The predicted octanol–water partition coefficient (Wildman–Crippen LogP) is 2.10. The van der Waals surface area contributed by atoms with Gasteiger partial charge in [0.05, 0.1) is 12.7 Å². The van der Waals surface area contributed by atoms with Crippen LogP contribution >= 0.6 is 0 Å². The Kier molecular flexibility index (Phi) is 6.26. The summed E-state index contributed by atoms with van der Waals surface area (Å²) in [4.78, 5) is 24.7. The van der Waals surface area contributed by atoms with Crippen molar-refractivity contribution in [1.29, 1.82) is 0 Å². The van der Waals surface area contributed by atoms with Crippen LogP contribution in [-0.4, -0.2) is 55.6 Å². The van der Waals surface area contributed by atoms with E-state index >= 15 is 0 Å². The molecule has 0 aromatic heterocycles. The third-order valence-electron chi connectivity index (χ3n) is 5.11. The highest BCUT2D eigenvalue weighted by Gasteiger charge is 2.66. The fraction of sp³-hybridized carbons (Fsp3) is 0.579. The summed E-state index contributed by atoms with van der Waals surface area (Å²) in [5.41, 5.74) is -1.75. The van der Waals surface area contributed by atoms with Crippen LogP contribution < -0.4 is 10.1 Å². The van der Waals surface area contributed by atoms with E-state index in [0.717, 1.165) is 0 Å². The molecule has 1 amide bonds. The number of rotatable bonds is 9. The number of hydrogen-bond donors (Lipinski definition) is 2. The molecule has 1 saturated carbocycles. The number of nitrogens with one attached hydrogen (secondary N) is 1. The van der Waals surface area contributed by atoms with Gasteiger partial charge in [-0.1, -0.05) is 19.9 Å². The van der Waals surface area contributed by atoms with E-state index in [2.05, 4.69) is 5.32 Å². The monoisotopic (exact) mass is 365 g/mol. The molecule has 26 heavy (non-hydrogen) atoms. The lowest BCUT2D eigenvalue weighted by atomic mass is 9.54. The zero-order valence-electron chi connectivity index (χ0n) is 15.7. The Labute approximate surface area is 153 Å². The molecule has 1 aromatic carbocycles. The quantitative estimate of drug-likeness (QED) is 0.651. The lowest BCUT2D eigenvalue weighted by Crippen LogP contribution is -2.76. The van der Waals surface area contributed by atoms with Crippen LogP contribution in [0.1, 0.15) is 37.6 Å². The molecule has 2 rings (SSSR count). The van der Waals surface area contributed by atoms with Gasteiger partial charge in [0.2, 0.25) is 0 Å². The minimum absolute atomic E-state index is 0.215. The maximum absolute atomic E-state index is 12.7. The molecule has 1 fully saturated rings. The fourth-order valence-corrected chi connectivity index (χ4v) is 3.27. The molecule has 1 aliphatic rings. The number of carboxylic acid groups (broad SMARTS) is 1. The van der Waals surface area contributed by atoms with Gasteiger partial charge in [-0.3, -0.25) is 4.79 Å². The molecule has 1 aliphatic carbocycles. The van der Waals surface area contributed by atoms with Gasteiger partial charge in [-0.15, -0.1) is 0 Å². The molecule has 144 valence electrons. The lowest BCUT2D eigenvalue weighted by Gasteiger charge is -2.58. The highest BCUT2D eigenvalue weighted by atomic mass is 16.5. The van der Waals surface area contributed by atoms with Crippen LogP contribution in [0.5, 0.6) is 5.75 Å². The average Bonchev–Trinajstić information content (AvgIpc) is 2.60. The molecule has 2 unspecified atom stereocenters. The van der Waals surface area contributed by atoms with Gasteiger partial charge in [-0.05, 0) is 25.1 Å². The van der Waals surface area contributed by atoms with Crippen LogP contribution in [0.2, 0.25) is 0 Å². The predicted molar refractivity (Wildman–Crippen MR) is 95.5 cm³/mol. The summed E-state index contributed by atoms with van der Waals surface area (Å²) in [6.07, 6.45) is 0.0199. The molecule has 0 aliphatic heterocycles. The summed E-state index contributed by atoms with van der Waals surface area (Å²) in [5, 5.41) is 12.5. The van der Waals surface area contributed by atoms with Crippen molar-refractivity contribution < 1.29 is 28.9 Å². The van der Waals surface area contributed by atoms with Crippen LogP contribution in [0.3, 0.4) is 0 Å². The number of methoxy groups -OCH3 is 1. The van der Waals surface area contributed by atoms with Gasteiger partial charge in [0.1, 0.15) is 17.9 Å². The number of carbonyl (C=O) groups excluding carboxylic acids is 1. The second-order valence-corrected chi connectivity index (χ2v) is 6.90. The maximum atomic E-state index is 12.7. The number of ether oxygens (including phenoxy) is 3. The van der Waals surface area contributed by atoms with Gasteiger partial charge in [0.25, 0.3) is 5.91 Å². The summed E-state index contributed by atoms with van der Waals surface area (Å²) in [7, 11) is 1.58. The first kappa shape index (κ1) is 20.2. The summed E-state index contributed by atoms with van der Waals surface area (Å²) >= 11 is 0. The van der Waals surface area contributed by atoms with Crippen LogP contribution in [-0.2, 0) is 14.3 Å². The summed E-state index contributed by atoms with van der Waals surface area (Å²) in [6, 6.07) is 6.64. The van der Waals surface area contributed by atoms with E-state index in [-0.39, 0.29) is 12.5 Å². The van der Waals surface area contributed by atoms with E-state index in [1.54, 1.807) is 45.2 Å². The molecule has 0 heterocycles. The van der Waals surface area contributed by atoms with E-state index in [1.165, 1.54) is 0 Å². The molecule has 2 atom stereocenters. The molecule has 0 radical (unpaired) electrons. The Bertz CT molecular complexity index is 659. The zero-order valence-corrected chi connectivity index (χ0v) is 15.7. The van der Waals surface area contributed by atoms with Crippen LogP contribution in [0, 0.1) is 5.41 Å². The Hall–Kier alpha value is -2.12. The van der Waals surface area contributed by atoms with Gasteiger partial charge >= 0.3 is 5.97 Å². The van der Waals surface area contributed by atoms with Gasteiger partial charge in [0.15, 0.2) is 0 Å². The number of carbonyl (C=O) groups is 2. The Balaban J connectivity index is 2.14. The minimum atomic E-state index is -1.36. The first-order valence-corrected chi connectivity index (χ1v) is 8.67. The van der Waals surface area contributed by atoms with Crippen LogP contribution in [0.4, 0.5) is 0 Å². The van der Waals surface area contributed by atoms with Crippen molar-refractivity contribution in [3.05, 3.63) is 29.8 Å². The van der Waals surface area contributed by atoms with Crippen LogP contribution in [0.15, 0.2) is 24.3 Å². The van der Waals surface area contributed by atoms with E-state index in [9.17, 15) is 14.7 Å². The zero-order chi connectivity index (χ0) is 19.4. The summed E-state index contributed by atoms with van der Waals surface area (Å²) in [6.45, 7) is 6.77. The molecular formula is C19H27NO6. The minimum Gasteiger partial charge on any atom is -0.491 e. The van der Waals surface area contributed by atoms with E-state index in [1.807, 2.05) is 6.92 Å². The van der Waals surface area contributed by atoms with Crippen molar-refractivity contribution in [3.8, 4) is 5.75 Å². The average molecular weight is 365 g/mol. The Morgan fingerprint density at radius 3 is 2.62 bits per heavy atom. The Morgan fingerprint density at radius 1 is 1.31 bits per heavy atom. The van der Waals surface area contributed by atoms with E-state index in [0.29, 0.717) is 31.1 Å². The van der Waals surface area contributed by atoms with Crippen molar-refractivity contribution in [1.82, 2.24) is 5.32 Å². The lowest BCUT2D eigenvalue weighted by molar-refractivity contribution is -0.190.